The van der Waals surface area contributed by atoms with Crippen molar-refractivity contribution in [2.75, 3.05) is 29.9 Å². The lowest BCUT2D eigenvalue weighted by Crippen LogP contribution is -2.39. The molecule has 3 heterocycles. The van der Waals surface area contributed by atoms with E-state index in [1.807, 2.05) is 6.92 Å². The first-order valence-electron chi connectivity index (χ1n) is 9.75. The first-order valence-corrected chi connectivity index (χ1v) is 10.6. The molecule has 0 atom stereocenters. The fourth-order valence-corrected chi connectivity index (χ4v) is 4.74. The van der Waals surface area contributed by atoms with Crippen molar-refractivity contribution in [3.63, 3.8) is 0 Å². The number of carbonyl (C=O) groups is 1. The number of nitrogens with zero attached hydrogens (tertiary/aromatic N) is 3. The first kappa shape index (κ1) is 19.6. The number of aromatic nitrogens is 2. The number of ether oxygens (including phenoxy) is 1. The summed E-state index contributed by atoms with van der Waals surface area (Å²) in [6.45, 7) is 5.76. The summed E-state index contributed by atoms with van der Waals surface area (Å²) in [5.74, 6) is 0.340. The molecule has 1 N–H and O–H groups in total. The van der Waals surface area contributed by atoms with Crippen molar-refractivity contribution in [3.8, 4) is 0 Å². The van der Waals surface area contributed by atoms with Gasteiger partial charge in [0, 0.05) is 24.8 Å². The number of anilines is 2. The quantitative estimate of drug-likeness (QED) is 0.625. The molecule has 1 saturated heterocycles. The predicted molar refractivity (Wildman–Crippen MR) is 113 cm³/mol. The second kappa shape index (κ2) is 8.32. The SMILES string of the molecule is CCOC(=O)c1sc2ncnc(N3CCC(Nc4ccc(F)cc4)CC3)c2c1C. The van der Waals surface area contributed by atoms with E-state index >= 15 is 0 Å². The zero-order valence-electron chi connectivity index (χ0n) is 16.4. The van der Waals surface area contributed by atoms with E-state index in [2.05, 4.69) is 20.2 Å². The van der Waals surface area contributed by atoms with Crippen LogP contribution in [0.2, 0.25) is 0 Å². The summed E-state index contributed by atoms with van der Waals surface area (Å²) in [6, 6.07) is 6.79. The van der Waals surface area contributed by atoms with Crippen LogP contribution in [0.3, 0.4) is 0 Å². The van der Waals surface area contributed by atoms with Crippen LogP contribution in [0.4, 0.5) is 15.9 Å². The molecule has 2 aromatic heterocycles. The van der Waals surface area contributed by atoms with Crippen LogP contribution in [-0.2, 0) is 4.74 Å². The second-order valence-electron chi connectivity index (χ2n) is 7.07. The Bertz CT molecular complexity index is 1010. The van der Waals surface area contributed by atoms with Gasteiger partial charge in [-0.3, -0.25) is 0 Å². The maximum atomic E-state index is 13.1. The molecule has 0 amide bonds. The zero-order chi connectivity index (χ0) is 20.4. The highest BCUT2D eigenvalue weighted by Gasteiger charge is 2.25. The van der Waals surface area contributed by atoms with Gasteiger partial charge >= 0.3 is 5.97 Å². The number of piperidine rings is 1. The van der Waals surface area contributed by atoms with E-state index in [9.17, 15) is 9.18 Å². The van der Waals surface area contributed by atoms with Crippen molar-refractivity contribution in [3.05, 3.63) is 46.9 Å². The predicted octanol–water partition coefficient (Wildman–Crippen LogP) is 4.40. The summed E-state index contributed by atoms with van der Waals surface area (Å²) in [6.07, 6.45) is 3.44. The minimum absolute atomic E-state index is 0.230. The maximum Gasteiger partial charge on any atom is 0.348 e. The number of thiophene rings is 1. The van der Waals surface area contributed by atoms with Crippen LogP contribution in [0.5, 0.6) is 0 Å². The lowest BCUT2D eigenvalue weighted by molar-refractivity contribution is 0.0531. The van der Waals surface area contributed by atoms with Gasteiger partial charge in [-0.15, -0.1) is 11.3 Å². The van der Waals surface area contributed by atoms with Crippen molar-refractivity contribution < 1.29 is 13.9 Å². The number of carbonyl (C=O) groups excluding carboxylic acids is 1. The number of hydrogen-bond donors (Lipinski definition) is 1. The van der Waals surface area contributed by atoms with Gasteiger partial charge < -0.3 is 15.0 Å². The molecule has 0 spiro atoms. The van der Waals surface area contributed by atoms with Gasteiger partial charge in [0.15, 0.2) is 0 Å². The highest BCUT2D eigenvalue weighted by Crippen LogP contribution is 2.36. The lowest BCUT2D eigenvalue weighted by Gasteiger charge is -2.34. The van der Waals surface area contributed by atoms with Gasteiger partial charge in [-0.05, 0) is 56.5 Å². The van der Waals surface area contributed by atoms with Crippen molar-refractivity contribution in [1.29, 1.82) is 0 Å². The molecule has 0 saturated carbocycles. The second-order valence-corrected chi connectivity index (χ2v) is 8.07. The van der Waals surface area contributed by atoms with Gasteiger partial charge in [-0.2, -0.15) is 0 Å². The third-order valence-electron chi connectivity index (χ3n) is 5.18. The van der Waals surface area contributed by atoms with E-state index in [0.717, 1.165) is 53.2 Å². The monoisotopic (exact) mass is 414 g/mol. The van der Waals surface area contributed by atoms with Crippen molar-refractivity contribution in [2.45, 2.75) is 32.7 Å². The summed E-state index contributed by atoms with van der Waals surface area (Å²) in [5, 5.41) is 4.41. The van der Waals surface area contributed by atoms with Gasteiger partial charge in [0.2, 0.25) is 0 Å². The molecule has 152 valence electrons. The van der Waals surface area contributed by atoms with Crippen LogP contribution < -0.4 is 10.2 Å². The van der Waals surface area contributed by atoms with Crippen LogP contribution in [0, 0.1) is 12.7 Å². The molecule has 8 heteroatoms. The molecule has 29 heavy (non-hydrogen) atoms. The molecule has 0 unspecified atom stereocenters. The van der Waals surface area contributed by atoms with Crippen LogP contribution in [-0.4, -0.2) is 41.7 Å². The molecule has 3 aromatic rings. The Morgan fingerprint density at radius 1 is 1.28 bits per heavy atom. The Morgan fingerprint density at radius 2 is 2.00 bits per heavy atom. The Balaban J connectivity index is 1.51. The van der Waals surface area contributed by atoms with Crippen molar-refractivity contribution >= 4 is 39.0 Å². The maximum absolute atomic E-state index is 13.1. The fourth-order valence-electron chi connectivity index (χ4n) is 3.70. The number of rotatable bonds is 5. The summed E-state index contributed by atoms with van der Waals surface area (Å²) < 4.78 is 18.3. The average molecular weight is 415 g/mol. The van der Waals surface area contributed by atoms with E-state index in [1.54, 1.807) is 25.4 Å². The van der Waals surface area contributed by atoms with Crippen LogP contribution >= 0.6 is 11.3 Å². The van der Waals surface area contributed by atoms with Gasteiger partial charge in [-0.25, -0.2) is 19.2 Å². The molecule has 0 bridgehead atoms. The Labute approximate surface area is 172 Å². The summed E-state index contributed by atoms with van der Waals surface area (Å²) >= 11 is 1.36. The minimum Gasteiger partial charge on any atom is -0.462 e. The molecule has 0 radical (unpaired) electrons. The number of fused-ring (bicyclic) bond motifs is 1. The molecule has 1 aliphatic rings. The highest BCUT2D eigenvalue weighted by atomic mass is 32.1. The van der Waals surface area contributed by atoms with Gasteiger partial charge in [-0.1, -0.05) is 0 Å². The number of nitrogens with one attached hydrogen (secondary N) is 1. The molecule has 4 rings (SSSR count). The third kappa shape index (κ3) is 4.03. The molecule has 6 nitrogen and oxygen atoms in total. The van der Waals surface area contributed by atoms with E-state index < -0.39 is 0 Å². The van der Waals surface area contributed by atoms with E-state index in [-0.39, 0.29) is 11.8 Å². The number of benzene rings is 1. The van der Waals surface area contributed by atoms with Crippen LogP contribution in [0.25, 0.3) is 10.2 Å². The molecule has 1 aromatic carbocycles. The molecule has 1 aliphatic heterocycles. The molecule has 0 aliphatic carbocycles. The number of esters is 1. The lowest BCUT2D eigenvalue weighted by atomic mass is 10.0. The number of aryl methyl sites for hydroxylation is 1. The third-order valence-corrected chi connectivity index (χ3v) is 6.36. The van der Waals surface area contributed by atoms with Crippen LogP contribution in [0.1, 0.15) is 35.0 Å². The molecule has 1 fully saturated rings. The summed E-state index contributed by atoms with van der Waals surface area (Å²) in [7, 11) is 0. The van der Waals surface area contributed by atoms with Gasteiger partial charge in [0.05, 0.1) is 12.0 Å². The Kier molecular flexibility index (Phi) is 5.62. The van der Waals surface area contributed by atoms with Gasteiger partial charge in [0.25, 0.3) is 0 Å². The highest BCUT2D eigenvalue weighted by molar-refractivity contribution is 7.20. The topological polar surface area (TPSA) is 67.3 Å². The zero-order valence-corrected chi connectivity index (χ0v) is 17.3. The van der Waals surface area contributed by atoms with E-state index in [1.165, 1.54) is 23.5 Å². The average Bonchev–Trinajstić information content (AvgIpc) is 3.07. The number of hydrogen-bond acceptors (Lipinski definition) is 7. The number of halogens is 1. The van der Waals surface area contributed by atoms with Gasteiger partial charge in [0.1, 0.15) is 27.7 Å². The molecular formula is C21H23FN4O2S. The minimum atomic E-state index is -0.304. The van der Waals surface area contributed by atoms with Crippen LogP contribution in [0.15, 0.2) is 30.6 Å². The first-order chi connectivity index (χ1) is 14.1. The summed E-state index contributed by atoms with van der Waals surface area (Å²) in [5.41, 5.74) is 1.81. The normalized spacial score (nSPS) is 14.9. The largest absolute Gasteiger partial charge is 0.462 e. The fraction of sp³-hybridized carbons (Fsp3) is 0.381. The van der Waals surface area contributed by atoms with E-state index in [4.69, 9.17) is 4.74 Å². The van der Waals surface area contributed by atoms with Crippen molar-refractivity contribution in [2.24, 2.45) is 0 Å². The van der Waals surface area contributed by atoms with Crippen molar-refractivity contribution in [1.82, 2.24) is 9.97 Å². The Morgan fingerprint density at radius 3 is 2.69 bits per heavy atom. The van der Waals surface area contributed by atoms with E-state index in [0.29, 0.717) is 17.5 Å². The summed E-state index contributed by atoms with van der Waals surface area (Å²) in [4.78, 5) is 24.8. The Hall–Kier alpha value is -2.74. The smallest absolute Gasteiger partial charge is 0.348 e. The standard InChI is InChI=1S/C21H23FN4O2S/c1-3-28-21(27)18-13(2)17-19(23-12-24-20(17)29-18)26-10-8-16(9-11-26)25-15-6-4-14(22)5-7-15/h4-7,12,16,25H,3,8-11H2,1-2H3. The molecular weight excluding hydrogens is 391 g/mol.